The van der Waals surface area contributed by atoms with Crippen LogP contribution in [0.15, 0.2) is 23.2 Å². The van der Waals surface area contributed by atoms with Gasteiger partial charge < -0.3 is 0 Å². The van der Waals surface area contributed by atoms with Crippen LogP contribution in [0.3, 0.4) is 0 Å². The Hall–Kier alpha value is -0.890. The Morgan fingerprint density at radius 2 is 2.00 bits per heavy atom. The van der Waals surface area contributed by atoms with Gasteiger partial charge in [-0.2, -0.15) is 0 Å². The van der Waals surface area contributed by atoms with Gasteiger partial charge in [-0.25, -0.2) is 13.1 Å². The lowest BCUT2D eigenvalue weighted by atomic mass is 9.96. The second-order valence-electron chi connectivity index (χ2n) is 6.35. The molecule has 0 amide bonds. The van der Waals surface area contributed by atoms with Gasteiger partial charge in [0.05, 0.1) is 11.9 Å². The summed E-state index contributed by atoms with van der Waals surface area (Å²) in [5.74, 6) is 0. The molecule has 1 fully saturated rings. The minimum atomic E-state index is -3.23. The number of sulfonamides is 1. The van der Waals surface area contributed by atoms with Crippen molar-refractivity contribution < 1.29 is 8.42 Å². The number of benzene rings is 1. The highest BCUT2D eigenvalue weighted by Gasteiger charge is 2.28. The van der Waals surface area contributed by atoms with Crippen molar-refractivity contribution in [3.05, 3.63) is 29.3 Å². The van der Waals surface area contributed by atoms with Crippen LogP contribution in [0, 0.1) is 13.8 Å². The first-order valence-corrected chi connectivity index (χ1v) is 11.0. The van der Waals surface area contributed by atoms with Crippen LogP contribution < -0.4 is 4.72 Å². The number of hydrogen-bond acceptors (Lipinski definition) is 5. The Morgan fingerprint density at radius 1 is 1.29 bits per heavy atom. The summed E-state index contributed by atoms with van der Waals surface area (Å²) in [6.45, 7) is 4.61. The molecule has 0 aliphatic heterocycles. The standard InChI is InChI=1S/C17H27N3O2S2/c1-14-9-10-17(15(2)13-14)18-11-12-19-23-20(24(3,21)22)16-7-5-4-6-8-16/h9-11,13,16,19H,4-8,12H2,1-3H3. The summed E-state index contributed by atoms with van der Waals surface area (Å²) in [6.07, 6.45) is 8.36. The van der Waals surface area contributed by atoms with Gasteiger partial charge in [0.1, 0.15) is 0 Å². The van der Waals surface area contributed by atoms with E-state index >= 15 is 0 Å². The molecule has 0 atom stereocenters. The Bertz CT molecular complexity index is 668. The zero-order valence-corrected chi connectivity index (χ0v) is 16.3. The second kappa shape index (κ2) is 8.99. The van der Waals surface area contributed by atoms with Crippen LogP contribution in [-0.4, -0.2) is 37.2 Å². The molecule has 0 saturated heterocycles. The zero-order valence-electron chi connectivity index (χ0n) is 14.7. The number of aliphatic imine (C=N–C) groups is 1. The van der Waals surface area contributed by atoms with Crippen LogP contribution in [-0.2, 0) is 10.0 Å². The van der Waals surface area contributed by atoms with E-state index in [4.69, 9.17) is 0 Å². The van der Waals surface area contributed by atoms with Gasteiger partial charge in [-0.15, -0.1) is 3.71 Å². The highest BCUT2D eigenvalue weighted by atomic mass is 32.3. The van der Waals surface area contributed by atoms with Crippen molar-refractivity contribution in [3.63, 3.8) is 0 Å². The predicted octanol–water partition coefficient (Wildman–Crippen LogP) is 3.75. The number of rotatable bonds is 7. The SMILES string of the molecule is Cc1ccc(N=CCNSN(C2CCCCC2)S(C)(=O)=O)c(C)c1. The number of nitrogens with one attached hydrogen (secondary N) is 1. The van der Waals surface area contributed by atoms with E-state index in [-0.39, 0.29) is 6.04 Å². The quantitative estimate of drug-likeness (QED) is 0.452. The van der Waals surface area contributed by atoms with Gasteiger partial charge in [-0.3, -0.25) is 4.99 Å². The molecule has 1 N–H and O–H groups in total. The van der Waals surface area contributed by atoms with Crippen molar-refractivity contribution in [3.8, 4) is 0 Å². The Morgan fingerprint density at radius 3 is 2.62 bits per heavy atom. The van der Waals surface area contributed by atoms with E-state index in [9.17, 15) is 8.42 Å². The summed E-state index contributed by atoms with van der Waals surface area (Å²) >= 11 is 1.18. The lowest BCUT2D eigenvalue weighted by Gasteiger charge is -2.30. The Labute approximate surface area is 150 Å². The van der Waals surface area contributed by atoms with Crippen LogP contribution in [0.5, 0.6) is 0 Å². The van der Waals surface area contributed by atoms with E-state index in [1.807, 2.05) is 19.1 Å². The zero-order chi connectivity index (χ0) is 17.6. The van der Waals surface area contributed by atoms with Crippen LogP contribution in [0.4, 0.5) is 5.69 Å². The molecule has 1 aliphatic carbocycles. The molecule has 134 valence electrons. The molecule has 0 aromatic heterocycles. The van der Waals surface area contributed by atoms with Crippen molar-refractivity contribution >= 4 is 34.1 Å². The maximum Gasteiger partial charge on any atom is 0.221 e. The fourth-order valence-electron chi connectivity index (χ4n) is 2.94. The third-order valence-electron chi connectivity index (χ3n) is 4.11. The van der Waals surface area contributed by atoms with Gasteiger partial charge in [0.25, 0.3) is 0 Å². The van der Waals surface area contributed by atoms with E-state index in [2.05, 4.69) is 22.7 Å². The molecule has 0 unspecified atom stereocenters. The molecule has 0 heterocycles. The monoisotopic (exact) mass is 369 g/mol. The molecule has 0 spiro atoms. The summed E-state index contributed by atoms with van der Waals surface area (Å²) in [6, 6.07) is 6.24. The predicted molar refractivity (Wildman–Crippen MR) is 103 cm³/mol. The van der Waals surface area contributed by atoms with Crippen LogP contribution in [0.25, 0.3) is 0 Å². The van der Waals surface area contributed by atoms with E-state index in [1.54, 1.807) is 6.21 Å². The lowest BCUT2D eigenvalue weighted by Crippen LogP contribution is -2.38. The minimum Gasteiger partial charge on any atom is -0.260 e. The summed E-state index contributed by atoms with van der Waals surface area (Å²) in [4.78, 5) is 4.45. The molecule has 2 rings (SSSR count). The number of nitrogens with zero attached hydrogens (tertiary/aromatic N) is 2. The molecule has 1 saturated carbocycles. The topological polar surface area (TPSA) is 61.8 Å². The fraction of sp³-hybridized carbons (Fsp3) is 0.588. The van der Waals surface area contributed by atoms with Crippen LogP contribution >= 0.6 is 12.1 Å². The van der Waals surface area contributed by atoms with Gasteiger partial charge >= 0.3 is 0 Å². The van der Waals surface area contributed by atoms with Crippen molar-refractivity contribution in [2.75, 3.05) is 12.8 Å². The van der Waals surface area contributed by atoms with E-state index in [1.165, 1.54) is 34.1 Å². The van der Waals surface area contributed by atoms with E-state index in [0.717, 1.165) is 36.9 Å². The Balaban J connectivity index is 1.87. The van der Waals surface area contributed by atoms with Gasteiger partial charge in [0, 0.05) is 30.9 Å². The Kier molecular flexibility index (Phi) is 7.28. The van der Waals surface area contributed by atoms with Crippen molar-refractivity contribution in [1.82, 2.24) is 8.43 Å². The van der Waals surface area contributed by atoms with Crippen molar-refractivity contribution in [2.45, 2.75) is 52.0 Å². The first kappa shape index (κ1) is 19.4. The molecule has 0 bridgehead atoms. The number of hydrogen-bond donors (Lipinski definition) is 1. The molecular formula is C17H27N3O2S2. The second-order valence-corrected chi connectivity index (χ2v) is 9.31. The van der Waals surface area contributed by atoms with Gasteiger partial charge in [-0.1, -0.05) is 37.0 Å². The van der Waals surface area contributed by atoms with E-state index < -0.39 is 10.0 Å². The fourth-order valence-corrected chi connectivity index (χ4v) is 5.03. The van der Waals surface area contributed by atoms with E-state index in [0.29, 0.717) is 6.54 Å². The third-order valence-corrected chi connectivity index (χ3v) is 6.87. The molecule has 1 aromatic carbocycles. The molecule has 24 heavy (non-hydrogen) atoms. The normalized spacial score (nSPS) is 17.0. The maximum atomic E-state index is 12.0. The highest BCUT2D eigenvalue weighted by Crippen LogP contribution is 2.28. The number of aryl methyl sites for hydroxylation is 2. The van der Waals surface area contributed by atoms with Crippen LogP contribution in [0.1, 0.15) is 43.2 Å². The molecule has 1 aliphatic rings. The van der Waals surface area contributed by atoms with Crippen LogP contribution in [0.2, 0.25) is 0 Å². The first-order chi connectivity index (χ1) is 11.4. The molecule has 5 nitrogen and oxygen atoms in total. The molecule has 7 heteroatoms. The molecular weight excluding hydrogens is 342 g/mol. The largest absolute Gasteiger partial charge is 0.260 e. The summed E-state index contributed by atoms with van der Waals surface area (Å²) in [5.41, 5.74) is 3.30. The summed E-state index contributed by atoms with van der Waals surface area (Å²) in [5, 5.41) is 0. The van der Waals surface area contributed by atoms with Gasteiger partial charge in [0.15, 0.2) is 0 Å². The summed E-state index contributed by atoms with van der Waals surface area (Å²) in [7, 11) is -3.23. The van der Waals surface area contributed by atoms with Gasteiger partial charge in [0.2, 0.25) is 10.0 Å². The maximum absolute atomic E-state index is 12.0. The first-order valence-electron chi connectivity index (χ1n) is 8.37. The smallest absolute Gasteiger partial charge is 0.221 e. The molecule has 1 aromatic rings. The van der Waals surface area contributed by atoms with Gasteiger partial charge in [-0.05, 0) is 38.3 Å². The average molecular weight is 370 g/mol. The summed E-state index contributed by atoms with van der Waals surface area (Å²) < 4.78 is 28.7. The highest BCUT2D eigenvalue weighted by molar-refractivity contribution is 8.07. The van der Waals surface area contributed by atoms with Crippen molar-refractivity contribution in [1.29, 1.82) is 0 Å². The molecule has 0 radical (unpaired) electrons. The minimum absolute atomic E-state index is 0.0996. The third kappa shape index (κ3) is 5.88. The van der Waals surface area contributed by atoms with Crippen molar-refractivity contribution in [2.24, 2.45) is 4.99 Å². The lowest BCUT2D eigenvalue weighted by molar-refractivity contribution is 0.346. The average Bonchev–Trinajstić information content (AvgIpc) is 2.52.